The normalized spacial score (nSPS) is 19.9. The van der Waals surface area contributed by atoms with Gasteiger partial charge in [0.15, 0.2) is 5.71 Å². The van der Waals surface area contributed by atoms with Gasteiger partial charge in [-0.05, 0) is 32.4 Å². The van der Waals surface area contributed by atoms with Crippen molar-refractivity contribution in [2.24, 2.45) is 11.0 Å². The summed E-state index contributed by atoms with van der Waals surface area (Å²) in [5.74, 6) is -1.92. The largest absolute Gasteiger partial charge is 0.432 e. The van der Waals surface area contributed by atoms with Crippen LogP contribution in [0.5, 0.6) is 0 Å². The van der Waals surface area contributed by atoms with Crippen molar-refractivity contribution in [1.82, 2.24) is 0 Å². The van der Waals surface area contributed by atoms with Gasteiger partial charge in [-0.1, -0.05) is 17.7 Å². The third-order valence-corrected chi connectivity index (χ3v) is 3.07. The Balaban J connectivity index is 2.46. The highest BCUT2D eigenvalue weighted by molar-refractivity contribution is 6.17. The summed E-state index contributed by atoms with van der Waals surface area (Å²) in [6.07, 6.45) is -4.58. The van der Waals surface area contributed by atoms with E-state index in [1.54, 1.807) is 25.1 Å². The predicted octanol–water partition coefficient (Wildman–Crippen LogP) is 3.20. The summed E-state index contributed by atoms with van der Waals surface area (Å²) in [5, 5.41) is 4.31. The summed E-state index contributed by atoms with van der Waals surface area (Å²) < 4.78 is 38.2. The number of hydrogen-bond acceptors (Lipinski definition) is 2. The number of rotatable bonds is 1. The van der Waals surface area contributed by atoms with Crippen LogP contribution in [0.25, 0.3) is 0 Å². The number of halogens is 3. The fourth-order valence-electron chi connectivity index (χ4n) is 2.06. The molecule has 0 N–H and O–H groups in total. The maximum absolute atomic E-state index is 12.7. The first-order chi connectivity index (χ1) is 8.71. The molecule has 0 aromatic heterocycles. The van der Waals surface area contributed by atoms with Crippen molar-refractivity contribution in [3.63, 3.8) is 0 Å². The molecule has 0 radical (unpaired) electrons. The smallest absolute Gasteiger partial charge is 0.272 e. The van der Waals surface area contributed by atoms with Gasteiger partial charge in [0.25, 0.3) is 5.91 Å². The molecule has 1 amide bonds. The molecule has 1 atom stereocenters. The highest BCUT2D eigenvalue weighted by Crippen LogP contribution is 2.33. The Kier molecular flexibility index (Phi) is 3.12. The van der Waals surface area contributed by atoms with Gasteiger partial charge in [0.2, 0.25) is 0 Å². The van der Waals surface area contributed by atoms with Crippen molar-refractivity contribution in [3.8, 4) is 0 Å². The molecule has 0 bridgehead atoms. The summed E-state index contributed by atoms with van der Waals surface area (Å²) in [6.45, 7) is 4.83. The van der Waals surface area contributed by atoms with Crippen LogP contribution in [0.3, 0.4) is 0 Å². The van der Waals surface area contributed by atoms with Gasteiger partial charge in [0, 0.05) is 0 Å². The fraction of sp³-hybridized carbons (Fsp3) is 0.385. The molecule has 1 aliphatic rings. The zero-order valence-electron chi connectivity index (χ0n) is 10.7. The predicted molar refractivity (Wildman–Crippen MR) is 66.1 cm³/mol. The molecular formula is C13H13F3N2O. The zero-order valence-corrected chi connectivity index (χ0v) is 10.7. The molecule has 1 heterocycles. The standard InChI is InChI=1S/C13H13F3N2O/c1-7-4-5-10(8(2)6-7)18-12(19)9(3)11(17-18)13(14,15)16/h4-6,9H,1-3H3. The number of amides is 1. The minimum atomic E-state index is -4.58. The molecule has 1 aromatic carbocycles. The third kappa shape index (κ3) is 2.34. The first kappa shape index (κ1) is 13.6. The number of nitrogens with zero attached hydrogens (tertiary/aromatic N) is 2. The van der Waals surface area contributed by atoms with Crippen LogP contribution in [0, 0.1) is 19.8 Å². The van der Waals surface area contributed by atoms with E-state index in [9.17, 15) is 18.0 Å². The highest BCUT2D eigenvalue weighted by atomic mass is 19.4. The van der Waals surface area contributed by atoms with E-state index < -0.39 is 23.7 Å². The van der Waals surface area contributed by atoms with E-state index in [4.69, 9.17) is 0 Å². The molecule has 0 saturated heterocycles. The molecule has 0 aliphatic carbocycles. The first-order valence-electron chi connectivity index (χ1n) is 5.78. The Morgan fingerprint density at radius 1 is 1.26 bits per heavy atom. The molecule has 3 nitrogen and oxygen atoms in total. The van der Waals surface area contributed by atoms with Gasteiger partial charge >= 0.3 is 6.18 Å². The number of carbonyl (C=O) groups is 1. The maximum atomic E-state index is 12.7. The van der Waals surface area contributed by atoms with Gasteiger partial charge in [-0.25, -0.2) is 0 Å². The minimum absolute atomic E-state index is 0.390. The van der Waals surface area contributed by atoms with Crippen molar-refractivity contribution in [3.05, 3.63) is 29.3 Å². The summed E-state index contributed by atoms with van der Waals surface area (Å²) >= 11 is 0. The van der Waals surface area contributed by atoms with E-state index in [2.05, 4.69) is 5.10 Å². The molecular weight excluding hydrogens is 257 g/mol. The van der Waals surface area contributed by atoms with Crippen LogP contribution in [0.1, 0.15) is 18.1 Å². The first-order valence-corrected chi connectivity index (χ1v) is 5.78. The second-order valence-corrected chi connectivity index (χ2v) is 4.64. The second-order valence-electron chi connectivity index (χ2n) is 4.64. The van der Waals surface area contributed by atoms with Crippen LogP contribution in [-0.4, -0.2) is 17.8 Å². The molecule has 1 aromatic rings. The number of aryl methyl sites for hydroxylation is 2. The lowest BCUT2D eigenvalue weighted by Gasteiger charge is -2.15. The number of hydrogen-bond donors (Lipinski definition) is 0. The number of anilines is 1. The van der Waals surface area contributed by atoms with Gasteiger partial charge in [-0.3, -0.25) is 4.79 Å². The SMILES string of the molecule is Cc1ccc(N2N=C(C(F)(F)F)C(C)C2=O)c(C)c1. The molecule has 2 rings (SSSR count). The minimum Gasteiger partial charge on any atom is -0.272 e. The lowest BCUT2D eigenvalue weighted by atomic mass is 10.1. The van der Waals surface area contributed by atoms with E-state index in [1.807, 2.05) is 6.92 Å². The topological polar surface area (TPSA) is 32.7 Å². The molecule has 19 heavy (non-hydrogen) atoms. The molecule has 0 fully saturated rings. The Labute approximate surface area is 108 Å². The van der Waals surface area contributed by atoms with Crippen molar-refractivity contribution in [2.45, 2.75) is 26.9 Å². The van der Waals surface area contributed by atoms with Crippen molar-refractivity contribution < 1.29 is 18.0 Å². The summed E-state index contributed by atoms with van der Waals surface area (Å²) in [4.78, 5) is 11.9. The van der Waals surface area contributed by atoms with Crippen LogP contribution in [0.2, 0.25) is 0 Å². The van der Waals surface area contributed by atoms with E-state index in [0.717, 1.165) is 10.6 Å². The average molecular weight is 270 g/mol. The lowest BCUT2D eigenvalue weighted by molar-refractivity contribution is -0.120. The van der Waals surface area contributed by atoms with Gasteiger partial charge in [0.1, 0.15) is 0 Å². The maximum Gasteiger partial charge on any atom is 0.432 e. The molecule has 102 valence electrons. The van der Waals surface area contributed by atoms with Crippen LogP contribution < -0.4 is 5.01 Å². The van der Waals surface area contributed by atoms with E-state index >= 15 is 0 Å². The van der Waals surface area contributed by atoms with E-state index in [1.165, 1.54) is 6.92 Å². The Hall–Kier alpha value is -1.85. The van der Waals surface area contributed by atoms with Crippen LogP contribution in [0.4, 0.5) is 18.9 Å². The highest BCUT2D eigenvalue weighted by Gasteiger charge is 2.48. The van der Waals surface area contributed by atoms with Crippen LogP contribution >= 0.6 is 0 Å². The van der Waals surface area contributed by atoms with Crippen LogP contribution in [0.15, 0.2) is 23.3 Å². The number of hydrazone groups is 1. The molecule has 1 unspecified atom stereocenters. The monoisotopic (exact) mass is 270 g/mol. The second kappa shape index (κ2) is 4.36. The fourth-order valence-corrected chi connectivity index (χ4v) is 2.06. The Bertz CT molecular complexity index is 563. The summed E-state index contributed by atoms with van der Waals surface area (Å²) in [5.41, 5.74) is 1.04. The number of alkyl halides is 3. The zero-order chi connectivity index (χ0) is 14.4. The van der Waals surface area contributed by atoms with Gasteiger partial charge in [-0.15, -0.1) is 0 Å². The van der Waals surface area contributed by atoms with Crippen molar-refractivity contribution in [2.75, 3.05) is 5.01 Å². The Morgan fingerprint density at radius 3 is 2.37 bits per heavy atom. The third-order valence-electron chi connectivity index (χ3n) is 3.07. The molecule has 0 spiro atoms. The van der Waals surface area contributed by atoms with Gasteiger partial charge in [-0.2, -0.15) is 23.3 Å². The molecule has 0 saturated carbocycles. The summed E-state index contributed by atoms with van der Waals surface area (Å²) in [6, 6.07) is 5.15. The van der Waals surface area contributed by atoms with Crippen molar-refractivity contribution >= 4 is 17.3 Å². The van der Waals surface area contributed by atoms with E-state index in [-0.39, 0.29) is 0 Å². The van der Waals surface area contributed by atoms with Crippen molar-refractivity contribution in [1.29, 1.82) is 0 Å². The van der Waals surface area contributed by atoms with E-state index in [0.29, 0.717) is 11.3 Å². The lowest BCUT2D eigenvalue weighted by Crippen LogP contribution is -2.31. The number of carbonyl (C=O) groups excluding carboxylic acids is 1. The Morgan fingerprint density at radius 2 is 1.89 bits per heavy atom. The number of benzene rings is 1. The quantitative estimate of drug-likeness (QED) is 0.771. The average Bonchev–Trinajstić information content (AvgIpc) is 2.56. The molecule has 6 heteroatoms. The summed E-state index contributed by atoms with van der Waals surface area (Å²) in [7, 11) is 0. The van der Waals surface area contributed by atoms with Gasteiger partial charge < -0.3 is 0 Å². The molecule has 1 aliphatic heterocycles. The van der Waals surface area contributed by atoms with Gasteiger partial charge in [0.05, 0.1) is 11.6 Å². The van der Waals surface area contributed by atoms with Crippen LogP contribution in [-0.2, 0) is 4.79 Å².